The van der Waals surface area contributed by atoms with Crippen LogP contribution in [0.25, 0.3) is 0 Å². The molecule has 0 aliphatic rings. The summed E-state index contributed by atoms with van der Waals surface area (Å²) in [5.41, 5.74) is -0.254. The number of anilines is 1. The average Bonchev–Trinajstić information content (AvgIpc) is 2.28. The van der Waals surface area contributed by atoms with Crippen LogP contribution in [0.5, 0.6) is 0 Å². The number of carbonyl (C=O) groups is 1. The summed E-state index contributed by atoms with van der Waals surface area (Å²) in [6.45, 7) is 0. The first-order valence-electron chi connectivity index (χ1n) is 5.21. The molecular formula is C10H12ClNO6S2. The summed E-state index contributed by atoms with van der Waals surface area (Å²) < 4.78 is 47.4. The van der Waals surface area contributed by atoms with Crippen LogP contribution < -0.4 is 4.72 Å². The van der Waals surface area contributed by atoms with Crippen LogP contribution in [-0.2, 0) is 19.9 Å². The number of carboxylic acids is 1. The maximum absolute atomic E-state index is 11.7. The standard InChI is InChI=1S/C10H12ClNO6S2/c1-19(15,16)4-5-20(17,18)12-9-6-7(10(13)14)2-3-8(9)11/h2-3,6,12H,4-5H2,1H3,(H,13,14). The van der Waals surface area contributed by atoms with Crippen molar-refractivity contribution in [3.05, 3.63) is 28.8 Å². The zero-order chi connectivity index (χ0) is 15.6. The summed E-state index contributed by atoms with van der Waals surface area (Å²) in [6, 6.07) is 3.51. The Labute approximate surface area is 121 Å². The fourth-order valence-electron chi connectivity index (χ4n) is 1.22. The summed E-state index contributed by atoms with van der Waals surface area (Å²) in [4.78, 5) is 10.8. The van der Waals surface area contributed by atoms with Crippen LogP contribution in [0.4, 0.5) is 5.69 Å². The molecular weight excluding hydrogens is 330 g/mol. The predicted octanol–water partition coefficient (Wildman–Crippen LogP) is 0.824. The lowest BCUT2D eigenvalue weighted by atomic mass is 10.2. The van der Waals surface area contributed by atoms with Gasteiger partial charge in [-0.3, -0.25) is 4.72 Å². The average molecular weight is 342 g/mol. The van der Waals surface area contributed by atoms with Gasteiger partial charge in [0.05, 0.1) is 27.8 Å². The molecule has 0 fully saturated rings. The van der Waals surface area contributed by atoms with Crippen LogP contribution >= 0.6 is 11.6 Å². The van der Waals surface area contributed by atoms with Crippen molar-refractivity contribution in [3.8, 4) is 0 Å². The first kappa shape index (κ1) is 16.7. The number of rotatable bonds is 6. The monoisotopic (exact) mass is 341 g/mol. The molecule has 20 heavy (non-hydrogen) atoms. The minimum absolute atomic E-state index is 0.0120. The molecule has 0 amide bonds. The lowest BCUT2D eigenvalue weighted by Crippen LogP contribution is -2.22. The number of hydrogen-bond acceptors (Lipinski definition) is 5. The van der Waals surface area contributed by atoms with E-state index >= 15 is 0 Å². The van der Waals surface area contributed by atoms with Gasteiger partial charge in [-0.05, 0) is 18.2 Å². The Kier molecular flexibility index (Phi) is 5.00. The van der Waals surface area contributed by atoms with Gasteiger partial charge < -0.3 is 5.11 Å². The number of hydrogen-bond donors (Lipinski definition) is 2. The molecule has 2 N–H and O–H groups in total. The molecule has 0 atom stereocenters. The quantitative estimate of drug-likeness (QED) is 0.791. The van der Waals surface area contributed by atoms with Crippen molar-refractivity contribution in [2.24, 2.45) is 0 Å². The van der Waals surface area contributed by atoms with E-state index in [1.807, 2.05) is 0 Å². The lowest BCUT2D eigenvalue weighted by molar-refractivity contribution is 0.0697. The van der Waals surface area contributed by atoms with E-state index in [4.69, 9.17) is 16.7 Å². The maximum Gasteiger partial charge on any atom is 0.335 e. The molecule has 10 heteroatoms. The van der Waals surface area contributed by atoms with E-state index in [0.29, 0.717) is 0 Å². The first-order chi connectivity index (χ1) is 9.00. The Balaban J connectivity index is 2.97. The second-order valence-corrected chi connectivity index (χ2v) is 8.56. The molecule has 0 radical (unpaired) electrons. The molecule has 0 aliphatic heterocycles. The molecule has 0 bridgehead atoms. The van der Waals surface area contributed by atoms with Crippen molar-refractivity contribution in [2.45, 2.75) is 0 Å². The molecule has 1 aromatic carbocycles. The highest BCUT2D eigenvalue weighted by atomic mass is 35.5. The largest absolute Gasteiger partial charge is 0.478 e. The normalized spacial score (nSPS) is 12.1. The van der Waals surface area contributed by atoms with Crippen LogP contribution in [0, 0.1) is 0 Å². The van der Waals surface area contributed by atoms with Crippen molar-refractivity contribution in [3.63, 3.8) is 0 Å². The maximum atomic E-state index is 11.7. The summed E-state index contributed by atoms with van der Waals surface area (Å²) >= 11 is 5.76. The molecule has 0 saturated heterocycles. The molecule has 1 aromatic rings. The van der Waals surface area contributed by atoms with Gasteiger partial charge in [-0.1, -0.05) is 11.6 Å². The van der Waals surface area contributed by atoms with Crippen LogP contribution in [-0.4, -0.2) is 45.7 Å². The molecule has 0 heterocycles. The summed E-state index contributed by atoms with van der Waals surface area (Å²) in [6.07, 6.45) is 0.917. The number of carboxylic acid groups (broad SMARTS) is 1. The van der Waals surface area contributed by atoms with Crippen LogP contribution in [0.3, 0.4) is 0 Å². The molecule has 0 saturated carbocycles. The van der Waals surface area contributed by atoms with Crippen LogP contribution in [0.15, 0.2) is 18.2 Å². The first-order valence-corrected chi connectivity index (χ1v) is 9.30. The van der Waals surface area contributed by atoms with Crippen molar-refractivity contribution in [2.75, 3.05) is 22.5 Å². The van der Waals surface area contributed by atoms with Gasteiger partial charge in [0.1, 0.15) is 9.84 Å². The third-order valence-electron chi connectivity index (χ3n) is 2.20. The summed E-state index contributed by atoms with van der Waals surface area (Å²) in [7, 11) is -7.37. The second kappa shape index (κ2) is 5.98. The van der Waals surface area contributed by atoms with E-state index in [-0.39, 0.29) is 16.3 Å². The van der Waals surface area contributed by atoms with Gasteiger partial charge in [-0.25, -0.2) is 21.6 Å². The highest BCUT2D eigenvalue weighted by Crippen LogP contribution is 2.24. The molecule has 112 valence electrons. The number of halogens is 1. The molecule has 0 aliphatic carbocycles. The minimum atomic E-state index is -3.94. The number of aromatic carboxylic acids is 1. The highest BCUT2D eigenvalue weighted by Gasteiger charge is 2.17. The van der Waals surface area contributed by atoms with E-state index < -0.39 is 37.3 Å². The van der Waals surface area contributed by atoms with E-state index in [9.17, 15) is 21.6 Å². The molecule has 0 spiro atoms. The van der Waals surface area contributed by atoms with Gasteiger partial charge in [0.15, 0.2) is 0 Å². The number of sulfonamides is 1. The predicted molar refractivity (Wildman–Crippen MR) is 75.5 cm³/mol. The Bertz CT molecular complexity index is 726. The minimum Gasteiger partial charge on any atom is -0.478 e. The lowest BCUT2D eigenvalue weighted by Gasteiger charge is -2.10. The van der Waals surface area contributed by atoms with Crippen molar-refractivity contribution in [1.82, 2.24) is 0 Å². The van der Waals surface area contributed by atoms with Gasteiger partial charge >= 0.3 is 5.97 Å². The van der Waals surface area contributed by atoms with E-state index in [1.165, 1.54) is 12.1 Å². The Morgan fingerprint density at radius 1 is 1.25 bits per heavy atom. The smallest absolute Gasteiger partial charge is 0.335 e. The van der Waals surface area contributed by atoms with Crippen LogP contribution in [0.2, 0.25) is 5.02 Å². The van der Waals surface area contributed by atoms with E-state index in [0.717, 1.165) is 12.3 Å². The zero-order valence-electron chi connectivity index (χ0n) is 10.3. The van der Waals surface area contributed by atoms with Crippen molar-refractivity contribution < 1.29 is 26.7 Å². The molecule has 7 nitrogen and oxygen atoms in total. The zero-order valence-corrected chi connectivity index (χ0v) is 12.7. The van der Waals surface area contributed by atoms with Gasteiger partial charge in [-0.15, -0.1) is 0 Å². The third-order valence-corrected chi connectivity index (χ3v) is 5.01. The summed E-state index contributed by atoms with van der Waals surface area (Å²) in [5, 5.41) is 8.82. The number of nitrogens with one attached hydrogen (secondary N) is 1. The van der Waals surface area contributed by atoms with Gasteiger partial charge in [0.25, 0.3) is 0 Å². The van der Waals surface area contributed by atoms with E-state index in [1.54, 1.807) is 0 Å². The van der Waals surface area contributed by atoms with Gasteiger partial charge in [-0.2, -0.15) is 0 Å². The fourth-order valence-corrected chi connectivity index (χ4v) is 4.13. The second-order valence-electron chi connectivity index (χ2n) is 4.05. The molecule has 0 aromatic heterocycles. The van der Waals surface area contributed by atoms with Crippen molar-refractivity contribution >= 4 is 43.1 Å². The highest BCUT2D eigenvalue weighted by molar-refractivity contribution is 7.95. The Hall–Kier alpha value is -1.32. The van der Waals surface area contributed by atoms with E-state index in [2.05, 4.69) is 4.72 Å². The summed E-state index contributed by atoms with van der Waals surface area (Å²) in [5.74, 6) is -2.42. The molecule has 1 rings (SSSR count). The topological polar surface area (TPSA) is 118 Å². The van der Waals surface area contributed by atoms with Gasteiger partial charge in [0, 0.05) is 6.26 Å². The number of sulfone groups is 1. The van der Waals surface area contributed by atoms with Gasteiger partial charge in [0.2, 0.25) is 10.0 Å². The SMILES string of the molecule is CS(=O)(=O)CCS(=O)(=O)Nc1cc(C(=O)O)ccc1Cl. The van der Waals surface area contributed by atoms with Crippen molar-refractivity contribution in [1.29, 1.82) is 0 Å². The molecule has 0 unspecified atom stereocenters. The fraction of sp³-hybridized carbons (Fsp3) is 0.300. The third kappa shape index (κ3) is 5.35. The Morgan fingerprint density at radius 3 is 2.35 bits per heavy atom. The Morgan fingerprint density at radius 2 is 1.85 bits per heavy atom. The van der Waals surface area contributed by atoms with Crippen LogP contribution in [0.1, 0.15) is 10.4 Å². The number of benzene rings is 1.